The lowest BCUT2D eigenvalue weighted by atomic mass is 9.72. The first-order valence-electron chi connectivity index (χ1n) is 13.3. The van der Waals surface area contributed by atoms with Gasteiger partial charge in [-0.15, -0.1) is 0 Å². The SMILES string of the molecule is CC(=O)CC(=O)C(CO)C(CCO)CC1CC(=O)c2c(O)ccc(CCC3CCC(C)CC3)c2C1.O.[HH].[HH]. The third-order valence-electron chi connectivity index (χ3n) is 8.33. The maximum atomic E-state index is 13.1. The molecule has 0 saturated heterocycles. The highest BCUT2D eigenvalue weighted by Crippen LogP contribution is 2.39. The van der Waals surface area contributed by atoms with Crippen LogP contribution in [0.25, 0.3) is 0 Å². The molecular formula is C29H48O7. The van der Waals surface area contributed by atoms with Gasteiger partial charge in [0.15, 0.2) is 5.78 Å². The molecule has 0 aromatic heterocycles. The largest absolute Gasteiger partial charge is 0.507 e. The van der Waals surface area contributed by atoms with Gasteiger partial charge < -0.3 is 20.8 Å². The van der Waals surface area contributed by atoms with Gasteiger partial charge in [0.25, 0.3) is 0 Å². The summed E-state index contributed by atoms with van der Waals surface area (Å²) in [6, 6.07) is 3.60. The fourth-order valence-corrected chi connectivity index (χ4v) is 6.29. The van der Waals surface area contributed by atoms with Crippen LogP contribution in [-0.2, 0) is 22.4 Å². The predicted molar refractivity (Wildman–Crippen MR) is 142 cm³/mol. The first-order chi connectivity index (χ1) is 16.7. The summed E-state index contributed by atoms with van der Waals surface area (Å²) >= 11 is 0. The summed E-state index contributed by atoms with van der Waals surface area (Å²) in [6.45, 7) is 3.17. The van der Waals surface area contributed by atoms with E-state index in [4.69, 9.17) is 0 Å². The van der Waals surface area contributed by atoms with E-state index >= 15 is 0 Å². The molecule has 0 heterocycles. The van der Waals surface area contributed by atoms with Crippen LogP contribution < -0.4 is 0 Å². The molecule has 0 amide bonds. The summed E-state index contributed by atoms with van der Waals surface area (Å²) < 4.78 is 0. The Kier molecular flexibility index (Phi) is 11.7. The van der Waals surface area contributed by atoms with Gasteiger partial charge in [0.2, 0.25) is 0 Å². The van der Waals surface area contributed by atoms with Crippen molar-refractivity contribution in [2.45, 2.75) is 84.5 Å². The quantitative estimate of drug-likeness (QED) is 0.363. The lowest BCUT2D eigenvalue weighted by Crippen LogP contribution is -2.32. The van der Waals surface area contributed by atoms with Gasteiger partial charge in [-0.2, -0.15) is 0 Å². The van der Waals surface area contributed by atoms with E-state index < -0.39 is 5.92 Å². The number of aliphatic hydroxyl groups is 2. The number of carbonyl (C=O) groups excluding carboxylic acids is 3. The molecule has 206 valence electrons. The molecule has 0 spiro atoms. The average molecular weight is 509 g/mol. The molecule has 7 heteroatoms. The molecule has 0 bridgehead atoms. The molecule has 36 heavy (non-hydrogen) atoms. The number of ketones is 3. The number of aryl methyl sites for hydroxylation is 1. The molecule has 2 aliphatic rings. The standard InChI is InChI=1S/C29H42O6.H2O.2H2/c1-18-3-5-20(6-4-18)7-8-22-9-10-26(33)29-24(22)15-21(16-28(29)35)14-23(11-12-30)25(17-31)27(34)13-19(2)32;;;/h9-10,18,20-21,23,25,30-31,33H,3-8,11-17H2,1-2H3;1H2;2*1H. The Balaban J connectivity index is 0.00000456. The van der Waals surface area contributed by atoms with Crippen molar-refractivity contribution in [1.82, 2.24) is 0 Å². The van der Waals surface area contributed by atoms with E-state index in [0.717, 1.165) is 29.9 Å². The number of benzene rings is 1. The van der Waals surface area contributed by atoms with Crippen molar-refractivity contribution in [3.63, 3.8) is 0 Å². The Labute approximate surface area is 217 Å². The molecule has 0 aliphatic heterocycles. The van der Waals surface area contributed by atoms with E-state index in [1.165, 1.54) is 32.6 Å². The number of fused-ring (bicyclic) bond motifs is 1. The zero-order valence-corrected chi connectivity index (χ0v) is 21.8. The van der Waals surface area contributed by atoms with E-state index in [0.29, 0.717) is 30.7 Å². The second-order valence-electron chi connectivity index (χ2n) is 11.1. The van der Waals surface area contributed by atoms with Crippen LogP contribution in [0.1, 0.15) is 96.0 Å². The van der Waals surface area contributed by atoms with Crippen molar-refractivity contribution in [2.24, 2.45) is 29.6 Å². The molecule has 3 atom stereocenters. The Morgan fingerprint density at radius 3 is 2.39 bits per heavy atom. The van der Waals surface area contributed by atoms with Crippen molar-refractivity contribution < 1.29 is 38.0 Å². The first kappa shape index (κ1) is 30.1. The van der Waals surface area contributed by atoms with Crippen LogP contribution in [0.2, 0.25) is 0 Å². The fourth-order valence-electron chi connectivity index (χ4n) is 6.29. The summed E-state index contributed by atoms with van der Waals surface area (Å²) in [6.07, 6.45) is 8.55. The highest BCUT2D eigenvalue weighted by atomic mass is 16.3. The van der Waals surface area contributed by atoms with Crippen molar-refractivity contribution >= 4 is 17.3 Å². The Hall–Kier alpha value is -2.09. The summed E-state index contributed by atoms with van der Waals surface area (Å²) in [7, 11) is 0. The van der Waals surface area contributed by atoms with Crippen molar-refractivity contribution in [3.8, 4) is 5.75 Å². The third kappa shape index (κ3) is 7.70. The summed E-state index contributed by atoms with van der Waals surface area (Å²) in [5.41, 5.74) is 2.49. The molecule has 0 radical (unpaired) electrons. The Morgan fingerprint density at radius 1 is 1.08 bits per heavy atom. The number of hydrogen-bond acceptors (Lipinski definition) is 6. The number of hydrogen-bond donors (Lipinski definition) is 3. The average Bonchev–Trinajstić information content (AvgIpc) is 2.79. The predicted octanol–water partition coefficient (Wildman–Crippen LogP) is 4.11. The van der Waals surface area contributed by atoms with Gasteiger partial charge in [0, 0.05) is 21.8 Å². The highest BCUT2D eigenvalue weighted by Gasteiger charge is 2.35. The summed E-state index contributed by atoms with van der Waals surface area (Å²) in [5.74, 6) is -0.147. The van der Waals surface area contributed by atoms with Crippen LogP contribution in [0.15, 0.2) is 12.1 Å². The molecule has 1 aromatic carbocycles. The molecule has 1 fully saturated rings. The minimum atomic E-state index is -0.722. The molecule has 1 saturated carbocycles. The van der Waals surface area contributed by atoms with Crippen LogP contribution in [0.5, 0.6) is 5.75 Å². The van der Waals surface area contributed by atoms with E-state index in [9.17, 15) is 29.7 Å². The molecule has 1 aromatic rings. The van der Waals surface area contributed by atoms with Crippen LogP contribution in [0, 0.1) is 29.6 Å². The molecule has 7 nitrogen and oxygen atoms in total. The van der Waals surface area contributed by atoms with Crippen LogP contribution in [-0.4, -0.2) is 51.4 Å². The molecule has 3 rings (SSSR count). The topological polar surface area (TPSA) is 143 Å². The molecule has 3 unspecified atom stereocenters. The first-order valence-corrected chi connectivity index (χ1v) is 13.3. The van der Waals surface area contributed by atoms with E-state index in [1.54, 1.807) is 6.07 Å². The number of phenolic OH excluding ortho intramolecular Hbond substituents is 1. The minimum absolute atomic E-state index is 0. The van der Waals surface area contributed by atoms with Crippen LogP contribution in [0.3, 0.4) is 0 Å². The van der Waals surface area contributed by atoms with E-state index in [-0.39, 0.29) is 69.3 Å². The lowest BCUT2D eigenvalue weighted by molar-refractivity contribution is -0.131. The highest BCUT2D eigenvalue weighted by molar-refractivity contribution is 6.01. The number of carbonyl (C=O) groups is 3. The van der Waals surface area contributed by atoms with Crippen molar-refractivity contribution in [3.05, 3.63) is 28.8 Å². The normalized spacial score (nSPS) is 23.3. The number of Topliss-reactive ketones (excluding diaryl/α,β-unsaturated/α-hetero) is 3. The zero-order valence-electron chi connectivity index (χ0n) is 21.8. The smallest absolute Gasteiger partial charge is 0.167 e. The minimum Gasteiger partial charge on any atom is -0.507 e. The van der Waals surface area contributed by atoms with Crippen LogP contribution in [0.4, 0.5) is 0 Å². The fraction of sp³-hybridized carbons (Fsp3) is 0.690. The van der Waals surface area contributed by atoms with Crippen molar-refractivity contribution in [2.75, 3.05) is 13.2 Å². The Bertz CT molecular complexity index is 912. The molecule has 2 aliphatic carbocycles. The Morgan fingerprint density at radius 2 is 1.78 bits per heavy atom. The maximum absolute atomic E-state index is 13.1. The van der Waals surface area contributed by atoms with Gasteiger partial charge in [-0.25, -0.2) is 0 Å². The molecule has 5 N–H and O–H groups in total. The summed E-state index contributed by atoms with van der Waals surface area (Å²) in [5, 5.41) is 30.0. The lowest BCUT2D eigenvalue weighted by Gasteiger charge is -2.32. The molecular weight excluding hydrogens is 460 g/mol. The summed E-state index contributed by atoms with van der Waals surface area (Å²) in [4.78, 5) is 37.2. The second-order valence-corrected chi connectivity index (χ2v) is 11.1. The third-order valence-corrected chi connectivity index (χ3v) is 8.33. The second kappa shape index (κ2) is 14.0. The number of phenols is 1. The number of rotatable bonds is 12. The van der Waals surface area contributed by atoms with Crippen molar-refractivity contribution in [1.29, 1.82) is 0 Å². The van der Waals surface area contributed by atoms with E-state index in [1.807, 2.05) is 6.07 Å². The van der Waals surface area contributed by atoms with Gasteiger partial charge in [-0.1, -0.05) is 38.7 Å². The van der Waals surface area contributed by atoms with E-state index in [2.05, 4.69) is 6.92 Å². The number of aliphatic hydroxyl groups excluding tert-OH is 2. The van der Waals surface area contributed by atoms with Crippen LogP contribution >= 0.6 is 0 Å². The maximum Gasteiger partial charge on any atom is 0.167 e. The van der Waals surface area contributed by atoms with Gasteiger partial charge >= 0.3 is 0 Å². The van der Waals surface area contributed by atoms with Gasteiger partial charge in [-0.05, 0) is 79.9 Å². The zero-order chi connectivity index (χ0) is 25.5. The van der Waals surface area contributed by atoms with Gasteiger partial charge in [0.05, 0.1) is 18.6 Å². The monoisotopic (exact) mass is 508 g/mol. The van der Waals surface area contributed by atoms with Gasteiger partial charge in [0.1, 0.15) is 17.3 Å². The van der Waals surface area contributed by atoms with Gasteiger partial charge in [-0.3, -0.25) is 14.4 Å². The number of aromatic hydroxyl groups is 1.